The van der Waals surface area contributed by atoms with Gasteiger partial charge in [0.05, 0.1) is 23.9 Å². The highest BCUT2D eigenvalue weighted by molar-refractivity contribution is 6.31. The minimum absolute atomic E-state index is 0.0969. The van der Waals surface area contributed by atoms with Crippen molar-refractivity contribution < 1.29 is 29.0 Å². The van der Waals surface area contributed by atoms with E-state index in [1.54, 1.807) is 18.2 Å². The molecule has 2 fully saturated rings. The lowest BCUT2D eigenvalue weighted by Gasteiger charge is -2.55. The summed E-state index contributed by atoms with van der Waals surface area (Å²) in [5.74, 6) is -4.07. The Labute approximate surface area is 274 Å². The maximum atomic E-state index is 15.1. The number of phenolic OH excluding ortho intramolecular Hbond substituents is 1. The van der Waals surface area contributed by atoms with Gasteiger partial charge in [-0.15, -0.1) is 0 Å². The Morgan fingerprint density at radius 2 is 1.55 bits per heavy atom. The van der Waals surface area contributed by atoms with Gasteiger partial charge in [-0.3, -0.25) is 24.1 Å². The van der Waals surface area contributed by atoms with Crippen LogP contribution in [0, 0.1) is 23.7 Å². The van der Waals surface area contributed by atoms with E-state index in [4.69, 9.17) is 4.74 Å². The minimum Gasteiger partial charge on any atom is -0.504 e. The van der Waals surface area contributed by atoms with E-state index in [-0.39, 0.29) is 41.3 Å². The molecular weight excluding hydrogens is 590 g/mol. The molecule has 0 spiro atoms. The number of imide groups is 1. The number of benzene rings is 3. The Hall–Kier alpha value is -4.78. The summed E-state index contributed by atoms with van der Waals surface area (Å²) in [7, 11) is 0. The predicted molar refractivity (Wildman–Crippen MR) is 177 cm³/mol. The number of carbonyl (C=O) groups is 4. The Kier molecular flexibility index (Phi) is 7.34. The van der Waals surface area contributed by atoms with Crippen molar-refractivity contribution in [1.82, 2.24) is 4.90 Å². The van der Waals surface area contributed by atoms with Crippen LogP contribution in [0.1, 0.15) is 63.1 Å². The van der Waals surface area contributed by atoms with Gasteiger partial charge in [0, 0.05) is 28.5 Å². The molecule has 7 nitrogen and oxygen atoms in total. The number of para-hydroxylation sites is 1. The Bertz CT molecular complexity index is 1850. The zero-order valence-corrected chi connectivity index (χ0v) is 27.1. The van der Waals surface area contributed by atoms with Gasteiger partial charge in [0.25, 0.3) is 0 Å². The van der Waals surface area contributed by atoms with Crippen LogP contribution in [0.15, 0.2) is 96.6 Å². The van der Waals surface area contributed by atoms with Crippen molar-refractivity contribution >= 4 is 29.0 Å². The SMILES string of the molecule is CCOc1cccc(C2C3=CCC4C(=O)N(C(C)(C)C)C(=O)C4C3CC3C(=O)C(c4ccccc4)=CC(=O)C32c2ccccc2)c1O. The first-order chi connectivity index (χ1) is 22.5. The third-order valence-corrected chi connectivity index (χ3v) is 10.7. The summed E-state index contributed by atoms with van der Waals surface area (Å²) < 4.78 is 5.81. The zero-order chi connectivity index (χ0) is 33.2. The van der Waals surface area contributed by atoms with E-state index < -0.39 is 40.5 Å². The zero-order valence-electron chi connectivity index (χ0n) is 27.1. The molecule has 1 N–H and O–H groups in total. The van der Waals surface area contributed by atoms with Crippen LogP contribution in [0.2, 0.25) is 0 Å². The van der Waals surface area contributed by atoms with E-state index in [1.165, 1.54) is 11.0 Å². The second kappa shape index (κ2) is 11.2. The number of nitrogens with zero attached hydrogens (tertiary/aromatic N) is 1. The van der Waals surface area contributed by atoms with Gasteiger partial charge in [-0.2, -0.15) is 0 Å². The number of fused-ring (bicyclic) bond motifs is 4. The fourth-order valence-electron chi connectivity index (χ4n) is 8.92. The standard InChI is InChI=1S/C40H39NO6/c1-5-47-31-18-12-17-27(36(31)44)34-25-19-20-26-33(38(46)41(37(26)45)39(2,3)4)29(25)21-30-35(43)28(23-13-8-6-9-14-23)22-32(42)40(30,34)24-15-10-7-11-16-24/h6-19,22,26,29-30,33-34,44H,5,20-21H2,1-4H3. The van der Waals surface area contributed by atoms with Crippen molar-refractivity contribution in [3.05, 3.63) is 113 Å². The third-order valence-electron chi connectivity index (χ3n) is 10.7. The number of hydrogen-bond acceptors (Lipinski definition) is 6. The summed E-state index contributed by atoms with van der Waals surface area (Å²) in [6.45, 7) is 7.72. The first-order valence-corrected chi connectivity index (χ1v) is 16.5. The quantitative estimate of drug-likeness (QED) is 0.259. The number of rotatable bonds is 5. The summed E-state index contributed by atoms with van der Waals surface area (Å²) in [4.78, 5) is 59.5. The molecule has 4 aliphatic rings. The van der Waals surface area contributed by atoms with E-state index in [0.29, 0.717) is 35.3 Å². The molecule has 47 heavy (non-hydrogen) atoms. The lowest BCUT2D eigenvalue weighted by molar-refractivity contribution is -0.145. The second-order valence-corrected chi connectivity index (χ2v) is 14.1. The Morgan fingerprint density at radius 1 is 0.872 bits per heavy atom. The van der Waals surface area contributed by atoms with Crippen molar-refractivity contribution in [2.45, 2.75) is 57.4 Å². The van der Waals surface area contributed by atoms with Crippen molar-refractivity contribution in [2.75, 3.05) is 6.61 Å². The highest BCUT2D eigenvalue weighted by Crippen LogP contribution is 2.65. The van der Waals surface area contributed by atoms with Crippen molar-refractivity contribution in [2.24, 2.45) is 23.7 Å². The van der Waals surface area contributed by atoms with Gasteiger partial charge >= 0.3 is 0 Å². The van der Waals surface area contributed by atoms with Crippen LogP contribution >= 0.6 is 0 Å². The third kappa shape index (κ3) is 4.46. The molecule has 0 aromatic heterocycles. The molecule has 6 atom stereocenters. The summed E-state index contributed by atoms with van der Waals surface area (Å²) in [6.07, 6.45) is 4.04. The maximum absolute atomic E-state index is 15.1. The summed E-state index contributed by atoms with van der Waals surface area (Å²) in [6, 6.07) is 23.8. The highest BCUT2D eigenvalue weighted by Gasteiger charge is 2.66. The van der Waals surface area contributed by atoms with Crippen molar-refractivity contribution in [3.63, 3.8) is 0 Å². The fourth-order valence-corrected chi connectivity index (χ4v) is 8.92. The fraction of sp³-hybridized carbons (Fsp3) is 0.350. The average Bonchev–Trinajstić information content (AvgIpc) is 3.33. The van der Waals surface area contributed by atoms with Gasteiger partial charge in [0.1, 0.15) is 0 Å². The van der Waals surface area contributed by atoms with Crippen LogP contribution in [-0.2, 0) is 24.6 Å². The molecule has 7 heteroatoms. The van der Waals surface area contributed by atoms with Crippen molar-refractivity contribution in [3.8, 4) is 11.5 Å². The van der Waals surface area contributed by atoms with E-state index in [9.17, 15) is 19.5 Å². The molecule has 1 aliphatic heterocycles. The molecule has 0 bridgehead atoms. The maximum Gasteiger partial charge on any atom is 0.234 e. The number of allylic oxidation sites excluding steroid dienone is 4. The second-order valence-electron chi connectivity index (χ2n) is 14.1. The number of amides is 2. The van der Waals surface area contributed by atoms with E-state index in [2.05, 4.69) is 0 Å². The average molecular weight is 630 g/mol. The normalized spacial score (nSPS) is 28.7. The lowest BCUT2D eigenvalue weighted by atomic mass is 9.44. The predicted octanol–water partition coefficient (Wildman–Crippen LogP) is 6.41. The number of ether oxygens (including phenoxy) is 1. The molecule has 6 unspecified atom stereocenters. The minimum atomic E-state index is -1.41. The molecule has 0 radical (unpaired) electrons. The van der Waals surface area contributed by atoms with Crippen LogP contribution in [0.4, 0.5) is 0 Å². The molecular formula is C40H39NO6. The number of hydrogen-bond donors (Lipinski definition) is 1. The lowest BCUT2D eigenvalue weighted by Crippen LogP contribution is -2.59. The molecule has 1 saturated carbocycles. The van der Waals surface area contributed by atoms with E-state index in [0.717, 1.165) is 5.57 Å². The number of Topliss-reactive ketones (excluding diaryl/α,β-unsaturated/α-hetero) is 1. The first kappa shape index (κ1) is 30.9. The van der Waals surface area contributed by atoms with Crippen LogP contribution < -0.4 is 4.74 Å². The van der Waals surface area contributed by atoms with Crippen LogP contribution in [0.5, 0.6) is 11.5 Å². The van der Waals surface area contributed by atoms with Gasteiger partial charge in [0.15, 0.2) is 23.1 Å². The Balaban J connectivity index is 1.52. The van der Waals surface area contributed by atoms with Gasteiger partial charge in [0.2, 0.25) is 11.8 Å². The molecule has 3 aromatic rings. The van der Waals surface area contributed by atoms with Crippen LogP contribution in [-0.4, -0.2) is 45.5 Å². The number of carbonyl (C=O) groups excluding carboxylic acids is 4. The van der Waals surface area contributed by atoms with Crippen LogP contribution in [0.3, 0.4) is 0 Å². The molecule has 7 rings (SSSR count). The van der Waals surface area contributed by atoms with Gasteiger partial charge in [-0.1, -0.05) is 84.4 Å². The summed E-state index contributed by atoms with van der Waals surface area (Å²) >= 11 is 0. The van der Waals surface area contributed by atoms with Crippen molar-refractivity contribution in [1.29, 1.82) is 0 Å². The molecule has 1 saturated heterocycles. The molecule has 3 aromatic carbocycles. The van der Waals surface area contributed by atoms with E-state index >= 15 is 4.79 Å². The molecule has 3 aliphatic carbocycles. The number of phenols is 1. The summed E-state index contributed by atoms with van der Waals surface area (Å²) in [5.41, 5.74) is 0.805. The summed E-state index contributed by atoms with van der Waals surface area (Å²) in [5, 5.41) is 11.8. The van der Waals surface area contributed by atoms with Gasteiger partial charge in [-0.25, -0.2) is 0 Å². The number of ketones is 2. The smallest absolute Gasteiger partial charge is 0.234 e. The van der Waals surface area contributed by atoms with Gasteiger partial charge in [-0.05, 0) is 69.7 Å². The number of likely N-dealkylation sites (tertiary alicyclic amines) is 1. The first-order valence-electron chi connectivity index (χ1n) is 16.5. The van der Waals surface area contributed by atoms with Gasteiger partial charge < -0.3 is 9.84 Å². The molecule has 1 heterocycles. The topological polar surface area (TPSA) is 101 Å². The van der Waals surface area contributed by atoms with E-state index in [1.807, 2.05) is 94.4 Å². The molecule has 240 valence electrons. The Morgan fingerprint density at radius 3 is 2.21 bits per heavy atom. The van der Waals surface area contributed by atoms with Crippen LogP contribution in [0.25, 0.3) is 5.57 Å². The monoisotopic (exact) mass is 629 g/mol. The highest BCUT2D eigenvalue weighted by atomic mass is 16.5. The number of aromatic hydroxyl groups is 1. The largest absolute Gasteiger partial charge is 0.504 e. The molecule has 2 amide bonds.